The standard InChI is InChI=1S/C24H33N3O/c1-4-27(20(2)22-15-9-6-10-16-22)19-18-26-24(3,23(25)28)17-11-14-21-12-7-5-8-13-21/h4-13,15-17,20,23,26,28H,1,14,18-19,25H2,2-3H3. The predicted molar refractivity (Wildman–Crippen MR) is 118 cm³/mol. The van der Waals surface area contributed by atoms with Gasteiger partial charge in [-0.05, 0) is 37.6 Å². The maximum atomic E-state index is 10.1. The molecule has 0 saturated heterocycles. The van der Waals surface area contributed by atoms with Crippen LogP contribution in [0.4, 0.5) is 0 Å². The summed E-state index contributed by atoms with van der Waals surface area (Å²) in [5.41, 5.74) is 7.63. The predicted octanol–water partition coefficient (Wildman–Crippen LogP) is 3.62. The molecule has 0 aliphatic rings. The maximum absolute atomic E-state index is 10.1. The van der Waals surface area contributed by atoms with E-state index in [0.717, 1.165) is 13.0 Å². The zero-order chi connectivity index (χ0) is 20.4. The summed E-state index contributed by atoms with van der Waals surface area (Å²) in [6, 6.07) is 20.8. The molecule has 2 rings (SSSR count). The van der Waals surface area contributed by atoms with Gasteiger partial charge < -0.3 is 21.1 Å². The molecule has 0 saturated carbocycles. The van der Waals surface area contributed by atoms with Crippen LogP contribution < -0.4 is 11.1 Å². The van der Waals surface area contributed by atoms with Crippen LogP contribution in [0.1, 0.15) is 31.0 Å². The Kier molecular flexibility index (Phi) is 8.45. The van der Waals surface area contributed by atoms with Crippen LogP contribution >= 0.6 is 0 Å². The molecule has 3 unspecified atom stereocenters. The van der Waals surface area contributed by atoms with E-state index >= 15 is 0 Å². The van der Waals surface area contributed by atoms with E-state index in [2.05, 4.69) is 54.1 Å². The highest BCUT2D eigenvalue weighted by atomic mass is 16.3. The third kappa shape index (κ3) is 6.34. The second kappa shape index (κ2) is 10.8. The zero-order valence-corrected chi connectivity index (χ0v) is 17.0. The summed E-state index contributed by atoms with van der Waals surface area (Å²) in [7, 11) is 0. The Bertz CT molecular complexity index is 730. The van der Waals surface area contributed by atoms with Crippen LogP contribution in [0.2, 0.25) is 0 Å². The van der Waals surface area contributed by atoms with Gasteiger partial charge in [-0.25, -0.2) is 0 Å². The monoisotopic (exact) mass is 379 g/mol. The maximum Gasteiger partial charge on any atom is 0.124 e. The van der Waals surface area contributed by atoms with E-state index in [-0.39, 0.29) is 6.04 Å². The van der Waals surface area contributed by atoms with Crippen molar-refractivity contribution in [3.63, 3.8) is 0 Å². The number of hydrogen-bond acceptors (Lipinski definition) is 4. The quantitative estimate of drug-likeness (QED) is 0.412. The van der Waals surface area contributed by atoms with Gasteiger partial charge in [0.2, 0.25) is 0 Å². The van der Waals surface area contributed by atoms with Gasteiger partial charge in [-0.1, -0.05) is 79.4 Å². The smallest absolute Gasteiger partial charge is 0.124 e. The number of aliphatic hydroxyl groups is 1. The highest BCUT2D eigenvalue weighted by Crippen LogP contribution is 2.19. The number of rotatable bonds is 11. The average Bonchev–Trinajstić information content (AvgIpc) is 2.72. The molecule has 4 N–H and O–H groups in total. The van der Waals surface area contributed by atoms with Crippen molar-refractivity contribution in [3.05, 3.63) is 96.7 Å². The first-order valence-corrected chi connectivity index (χ1v) is 9.80. The minimum Gasteiger partial charge on any atom is -0.377 e. The molecule has 2 aromatic rings. The SMILES string of the molecule is C=CN(CCNC(C)(C=CCc1ccccc1)C(N)O)C(C)c1ccccc1. The fourth-order valence-electron chi connectivity index (χ4n) is 3.14. The fourth-order valence-corrected chi connectivity index (χ4v) is 3.14. The molecule has 0 aliphatic heterocycles. The third-order valence-corrected chi connectivity index (χ3v) is 5.16. The summed E-state index contributed by atoms with van der Waals surface area (Å²) in [5.74, 6) is 0. The van der Waals surface area contributed by atoms with Gasteiger partial charge in [0.05, 0.1) is 11.6 Å². The Morgan fingerprint density at radius 2 is 1.75 bits per heavy atom. The molecule has 0 radical (unpaired) electrons. The molecule has 0 aromatic heterocycles. The lowest BCUT2D eigenvalue weighted by Crippen LogP contribution is -2.56. The van der Waals surface area contributed by atoms with E-state index in [9.17, 15) is 5.11 Å². The first kappa shape index (κ1) is 21.9. The minimum absolute atomic E-state index is 0.225. The molecule has 0 spiro atoms. The van der Waals surface area contributed by atoms with Crippen LogP contribution in [0.5, 0.6) is 0 Å². The number of aliphatic hydroxyl groups excluding tert-OH is 1. The molecule has 0 bridgehead atoms. The molecule has 0 fully saturated rings. The van der Waals surface area contributed by atoms with Gasteiger partial charge >= 0.3 is 0 Å². The molecule has 4 nitrogen and oxygen atoms in total. The summed E-state index contributed by atoms with van der Waals surface area (Å²) in [5, 5.41) is 13.5. The number of allylic oxidation sites excluding steroid dienone is 1. The highest BCUT2D eigenvalue weighted by Gasteiger charge is 2.27. The molecule has 2 aromatic carbocycles. The number of nitrogens with one attached hydrogen (secondary N) is 1. The van der Waals surface area contributed by atoms with Crippen molar-refractivity contribution in [2.24, 2.45) is 5.73 Å². The Hall–Kier alpha value is -2.40. The van der Waals surface area contributed by atoms with Crippen LogP contribution in [0.25, 0.3) is 0 Å². The van der Waals surface area contributed by atoms with Crippen molar-refractivity contribution in [2.75, 3.05) is 13.1 Å². The number of benzene rings is 2. The highest BCUT2D eigenvalue weighted by molar-refractivity contribution is 5.20. The van der Waals surface area contributed by atoms with E-state index in [4.69, 9.17) is 5.73 Å². The van der Waals surface area contributed by atoms with Crippen molar-refractivity contribution in [1.82, 2.24) is 10.2 Å². The lowest BCUT2D eigenvalue weighted by atomic mass is 9.98. The second-order valence-electron chi connectivity index (χ2n) is 7.25. The minimum atomic E-state index is -0.997. The molecule has 0 heterocycles. The summed E-state index contributed by atoms with van der Waals surface area (Å²) < 4.78 is 0. The van der Waals surface area contributed by atoms with Gasteiger partial charge in [-0.3, -0.25) is 0 Å². The zero-order valence-electron chi connectivity index (χ0n) is 17.0. The molecular weight excluding hydrogens is 346 g/mol. The van der Waals surface area contributed by atoms with E-state index in [1.165, 1.54) is 11.1 Å². The largest absolute Gasteiger partial charge is 0.377 e. The summed E-state index contributed by atoms with van der Waals surface area (Å²) in [6.07, 6.45) is 5.68. The number of nitrogens with zero attached hydrogens (tertiary/aromatic N) is 1. The normalized spacial score (nSPS) is 15.7. The molecule has 28 heavy (non-hydrogen) atoms. The van der Waals surface area contributed by atoms with Crippen molar-refractivity contribution < 1.29 is 5.11 Å². The van der Waals surface area contributed by atoms with Crippen molar-refractivity contribution in [2.45, 2.75) is 38.1 Å². The number of nitrogens with two attached hydrogens (primary N) is 1. The molecule has 0 amide bonds. The van der Waals surface area contributed by atoms with Gasteiger partial charge in [-0.15, -0.1) is 0 Å². The fraction of sp³-hybridized carbons (Fsp3) is 0.333. The van der Waals surface area contributed by atoms with Gasteiger partial charge in [0.25, 0.3) is 0 Å². The van der Waals surface area contributed by atoms with Crippen LogP contribution in [-0.2, 0) is 6.42 Å². The van der Waals surface area contributed by atoms with E-state index in [0.29, 0.717) is 6.54 Å². The first-order chi connectivity index (χ1) is 13.5. The van der Waals surface area contributed by atoms with Crippen LogP contribution in [-0.4, -0.2) is 34.9 Å². The van der Waals surface area contributed by atoms with Crippen LogP contribution in [0.3, 0.4) is 0 Å². The van der Waals surface area contributed by atoms with Crippen LogP contribution in [0.15, 0.2) is 85.6 Å². The van der Waals surface area contributed by atoms with Crippen LogP contribution in [0, 0.1) is 0 Å². The van der Waals surface area contributed by atoms with Gasteiger partial charge in [0.15, 0.2) is 0 Å². The summed E-state index contributed by atoms with van der Waals surface area (Å²) in [4.78, 5) is 2.18. The van der Waals surface area contributed by atoms with Crippen molar-refractivity contribution >= 4 is 0 Å². The van der Waals surface area contributed by atoms with Crippen molar-refractivity contribution in [1.29, 1.82) is 0 Å². The molecule has 3 atom stereocenters. The van der Waals surface area contributed by atoms with Gasteiger partial charge in [0.1, 0.15) is 6.23 Å². The Morgan fingerprint density at radius 3 is 2.32 bits per heavy atom. The average molecular weight is 380 g/mol. The lowest BCUT2D eigenvalue weighted by molar-refractivity contribution is 0.101. The van der Waals surface area contributed by atoms with Crippen molar-refractivity contribution in [3.8, 4) is 0 Å². The molecule has 4 heteroatoms. The summed E-state index contributed by atoms with van der Waals surface area (Å²) in [6.45, 7) is 9.45. The van der Waals surface area contributed by atoms with Gasteiger partial charge in [0, 0.05) is 13.1 Å². The van der Waals surface area contributed by atoms with E-state index < -0.39 is 11.8 Å². The first-order valence-electron chi connectivity index (χ1n) is 9.80. The Labute approximate surface area is 169 Å². The Balaban J connectivity index is 1.93. The molecule has 0 aliphatic carbocycles. The third-order valence-electron chi connectivity index (χ3n) is 5.16. The number of hydrogen-bond donors (Lipinski definition) is 3. The topological polar surface area (TPSA) is 61.5 Å². The summed E-state index contributed by atoms with van der Waals surface area (Å²) >= 11 is 0. The van der Waals surface area contributed by atoms with E-state index in [1.807, 2.05) is 55.6 Å². The Morgan fingerprint density at radius 1 is 1.14 bits per heavy atom. The van der Waals surface area contributed by atoms with Gasteiger partial charge in [-0.2, -0.15) is 0 Å². The van der Waals surface area contributed by atoms with E-state index in [1.54, 1.807) is 0 Å². The lowest BCUT2D eigenvalue weighted by Gasteiger charge is -2.33. The second-order valence-corrected chi connectivity index (χ2v) is 7.25. The molecular formula is C24H33N3O. The molecule has 150 valence electrons.